The fourth-order valence-corrected chi connectivity index (χ4v) is 1.92. The first-order chi connectivity index (χ1) is 8.52. The molecule has 1 aliphatic heterocycles. The summed E-state index contributed by atoms with van der Waals surface area (Å²) in [5.74, 6) is 0.207. The first-order valence-electron chi connectivity index (χ1n) is 5.60. The molecular formula is C12H14F3NO2. The molecule has 1 N–H and O–H groups in total. The maximum Gasteiger partial charge on any atom is 0.416 e. The van der Waals surface area contributed by atoms with E-state index in [2.05, 4.69) is 5.32 Å². The predicted octanol–water partition coefficient (Wildman–Crippen LogP) is 2.37. The minimum absolute atomic E-state index is 0.207. The zero-order chi connectivity index (χ0) is 13.2. The average molecular weight is 261 g/mol. The van der Waals surface area contributed by atoms with E-state index in [-0.39, 0.29) is 11.9 Å². The number of hydrogen-bond donors (Lipinski definition) is 1. The van der Waals surface area contributed by atoms with E-state index in [1.54, 1.807) is 0 Å². The van der Waals surface area contributed by atoms with E-state index in [1.165, 1.54) is 13.2 Å². The maximum atomic E-state index is 12.6. The third kappa shape index (κ3) is 2.76. The van der Waals surface area contributed by atoms with Crippen molar-refractivity contribution in [3.05, 3.63) is 29.3 Å². The Morgan fingerprint density at radius 2 is 2.17 bits per heavy atom. The Bertz CT molecular complexity index is 414. The molecule has 1 saturated heterocycles. The van der Waals surface area contributed by atoms with Crippen LogP contribution in [0.25, 0.3) is 0 Å². The Morgan fingerprint density at radius 1 is 1.39 bits per heavy atom. The molecule has 2 rings (SSSR count). The molecule has 100 valence electrons. The van der Waals surface area contributed by atoms with Crippen molar-refractivity contribution in [3.8, 4) is 5.75 Å². The van der Waals surface area contributed by atoms with Crippen LogP contribution in [0.3, 0.4) is 0 Å². The van der Waals surface area contributed by atoms with Crippen molar-refractivity contribution in [2.75, 3.05) is 26.8 Å². The smallest absolute Gasteiger partial charge is 0.416 e. The molecule has 0 amide bonds. The molecule has 1 aromatic rings. The van der Waals surface area contributed by atoms with Gasteiger partial charge >= 0.3 is 6.18 Å². The fraction of sp³-hybridized carbons (Fsp3) is 0.500. The molecule has 18 heavy (non-hydrogen) atoms. The van der Waals surface area contributed by atoms with Gasteiger partial charge in [0.1, 0.15) is 5.75 Å². The molecule has 1 atom stereocenters. The van der Waals surface area contributed by atoms with Gasteiger partial charge in [-0.25, -0.2) is 0 Å². The monoisotopic (exact) mass is 261 g/mol. The molecule has 1 aliphatic rings. The molecule has 1 aromatic carbocycles. The number of rotatable bonds is 2. The highest BCUT2D eigenvalue weighted by atomic mass is 19.4. The fourth-order valence-electron chi connectivity index (χ4n) is 1.92. The van der Waals surface area contributed by atoms with Crippen LogP contribution in [0.5, 0.6) is 5.75 Å². The summed E-state index contributed by atoms with van der Waals surface area (Å²) in [5, 5.41) is 3.13. The normalized spacial score (nSPS) is 20.8. The van der Waals surface area contributed by atoms with Crippen LogP contribution in [-0.4, -0.2) is 26.8 Å². The summed E-state index contributed by atoms with van der Waals surface area (Å²) in [6.45, 7) is 1.86. The highest BCUT2D eigenvalue weighted by molar-refractivity contribution is 5.40. The second-order valence-corrected chi connectivity index (χ2v) is 4.02. The van der Waals surface area contributed by atoms with Gasteiger partial charge in [0.25, 0.3) is 0 Å². The van der Waals surface area contributed by atoms with Gasteiger partial charge in [-0.15, -0.1) is 0 Å². The van der Waals surface area contributed by atoms with Crippen LogP contribution < -0.4 is 10.1 Å². The summed E-state index contributed by atoms with van der Waals surface area (Å²) in [6, 6.07) is 3.47. The number of hydrogen-bond acceptors (Lipinski definition) is 3. The van der Waals surface area contributed by atoms with Crippen LogP contribution >= 0.6 is 0 Å². The number of nitrogens with one attached hydrogen (secondary N) is 1. The number of ether oxygens (including phenoxy) is 2. The summed E-state index contributed by atoms with van der Waals surface area (Å²) >= 11 is 0. The first-order valence-corrected chi connectivity index (χ1v) is 5.60. The van der Waals surface area contributed by atoms with Crippen LogP contribution in [0.1, 0.15) is 17.2 Å². The van der Waals surface area contributed by atoms with Crippen molar-refractivity contribution in [2.24, 2.45) is 0 Å². The van der Waals surface area contributed by atoms with Crippen LogP contribution in [0.15, 0.2) is 18.2 Å². The molecule has 0 spiro atoms. The van der Waals surface area contributed by atoms with Crippen molar-refractivity contribution in [1.29, 1.82) is 0 Å². The summed E-state index contributed by atoms with van der Waals surface area (Å²) in [4.78, 5) is 0. The molecule has 0 bridgehead atoms. The molecule has 0 saturated carbocycles. The number of morpholine rings is 1. The third-order valence-corrected chi connectivity index (χ3v) is 2.84. The van der Waals surface area contributed by atoms with Gasteiger partial charge in [0, 0.05) is 18.7 Å². The van der Waals surface area contributed by atoms with Crippen LogP contribution in [0.4, 0.5) is 13.2 Å². The minimum atomic E-state index is -4.36. The lowest BCUT2D eigenvalue weighted by Crippen LogP contribution is -2.33. The van der Waals surface area contributed by atoms with Crippen LogP contribution in [0.2, 0.25) is 0 Å². The summed E-state index contributed by atoms with van der Waals surface area (Å²) in [7, 11) is 1.36. The molecule has 0 aliphatic carbocycles. The van der Waals surface area contributed by atoms with E-state index in [0.29, 0.717) is 18.7 Å². The molecule has 1 fully saturated rings. The highest BCUT2D eigenvalue weighted by Gasteiger charge is 2.32. The van der Waals surface area contributed by atoms with E-state index < -0.39 is 11.7 Å². The van der Waals surface area contributed by atoms with Gasteiger partial charge in [0.2, 0.25) is 0 Å². The Morgan fingerprint density at radius 3 is 2.72 bits per heavy atom. The van der Waals surface area contributed by atoms with E-state index in [9.17, 15) is 13.2 Å². The third-order valence-electron chi connectivity index (χ3n) is 2.84. The van der Waals surface area contributed by atoms with Crippen LogP contribution in [-0.2, 0) is 10.9 Å². The standard InChI is InChI=1S/C12H14F3NO2/c1-17-10-6-8(12(13,14)15)2-3-9(10)11-7-16-4-5-18-11/h2-3,6,11,16H,4-5,7H2,1H3. The molecule has 6 heteroatoms. The SMILES string of the molecule is COc1cc(C(F)(F)F)ccc1C1CNCCO1. The zero-order valence-corrected chi connectivity index (χ0v) is 9.88. The molecular weight excluding hydrogens is 247 g/mol. The summed E-state index contributed by atoms with van der Waals surface area (Å²) in [6.07, 6.45) is -4.63. The second kappa shape index (κ2) is 5.16. The highest BCUT2D eigenvalue weighted by Crippen LogP contribution is 2.35. The molecule has 3 nitrogen and oxygen atoms in total. The lowest BCUT2D eigenvalue weighted by molar-refractivity contribution is -0.137. The lowest BCUT2D eigenvalue weighted by atomic mass is 10.0. The van der Waals surface area contributed by atoms with Gasteiger partial charge < -0.3 is 14.8 Å². The Labute approximate surface area is 103 Å². The van der Waals surface area contributed by atoms with E-state index in [1.807, 2.05) is 0 Å². The minimum Gasteiger partial charge on any atom is -0.496 e. The Balaban J connectivity index is 2.30. The largest absolute Gasteiger partial charge is 0.496 e. The van der Waals surface area contributed by atoms with Crippen molar-refractivity contribution in [1.82, 2.24) is 5.32 Å². The molecule has 1 heterocycles. The quantitative estimate of drug-likeness (QED) is 0.886. The zero-order valence-electron chi connectivity index (χ0n) is 9.88. The number of alkyl halides is 3. The Kier molecular flexibility index (Phi) is 3.77. The maximum absolute atomic E-state index is 12.6. The number of benzene rings is 1. The van der Waals surface area contributed by atoms with Gasteiger partial charge in [0.05, 0.1) is 25.4 Å². The lowest BCUT2D eigenvalue weighted by Gasteiger charge is -2.25. The van der Waals surface area contributed by atoms with E-state index in [4.69, 9.17) is 9.47 Å². The van der Waals surface area contributed by atoms with E-state index in [0.717, 1.165) is 18.7 Å². The van der Waals surface area contributed by atoms with Crippen molar-refractivity contribution < 1.29 is 22.6 Å². The first kappa shape index (κ1) is 13.2. The van der Waals surface area contributed by atoms with Crippen molar-refractivity contribution >= 4 is 0 Å². The summed E-state index contributed by atoms with van der Waals surface area (Å²) < 4.78 is 48.3. The van der Waals surface area contributed by atoms with Gasteiger partial charge in [-0.05, 0) is 12.1 Å². The molecule has 1 unspecified atom stereocenters. The summed E-state index contributed by atoms with van der Waals surface area (Å²) in [5.41, 5.74) is -0.0791. The second-order valence-electron chi connectivity index (χ2n) is 4.02. The number of methoxy groups -OCH3 is 1. The van der Waals surface area contributed by atoms with Gasteiger partial charge in [-0.1, -0.05) is 6.07 Å². The average Bonchev–Trinajstić information content (AvgIpc) is 2.38. The van der Waals surface area contributed by atoms with E-state index >= 15 is 0 Å². The Hall–Kier alpha value is -1.27. The predicted molar refractivity (Wildman–Crippen MR) is 59.6 cm³/mol. The van der Waals surface area contributed by atoms with Gasteiger partial charge in [0.15, 0.2) is 0 Å². The van der Waals surface area contributed by atoms with Gasteiger partial charge in [-0.3, -0.25) is 0 Å². The molecule has 0 aromatic heterocycles. The van der Waals surface area contributed by atoms with Crippen molar-refractivity contribution in [2.45, 2.75) is 12.3 Å². The van der Waals surface area contributed by atoms with Crippen LogP contribution in [0, 0.1) is 0 Å². The number of halogens is 3. The van der Waals surface area contributed by atoms with Gasteiger partial charge in [-0.2, -0.15) is 13.2 Å². The molecule has 0 radical (unpaired) electrons. The van der Waals surface area contributed by atoms with Crippen molar-refractivity contribution in [3.63, 3.8) is 0 Å². The topological polar surface area (TPSA) is 30.5 Å².